The number of ether oxygens (including phenoxy) is 1. The van der Waals surface area contributed by atoms with Gasteiger partial charge in [0.15, 0.2) is 0 Å². The van der Waals surface area contributed by atoms with E-state index < -0.39 is 0 Å². The summed E-state index contributed by atoms with van der Waals surface area (Å²) in [6.45, 7) is 1.18. The van der Waals surface area contributed by atoms with Crippen molar-refractivity contribution in [3.8, 4) is 0 Å². The van der Waals surface area contributed by atoms with Crippen LogP contribution in [0.2, 0.25) is 0 Å². The van der Waals surface area contributed by atoms with Crippen LogP contribution in [0.3, 0.4) is 0 Å². The van der Waals surface area contributed by atoms with Crippen molar-refractivity contribution in [1.29, 1.82) is 0 Å². The van der Waals surface area contributed by atoms with E-state index in [1.807, 2.05) is 24.3 Å². The first-order chi connectivity index (χ1) is 14.1. The van der Waals surface area contributed by atoms with Gasteiger partial charge in [-0.1, -0.05) is 18.2 Å². The minimum absolute atomic E-state index is 0.117. The van der Waals surface area contributed by atoms with Gasteiger partial charge in [-0.25, -0.2) is 4.68 Å². The number of carbonyl (C=O) groups is 1. The molecule has 6 nitrogen and oxygen atoms in total. The molecule has 29 heavy (non-hydrogen) atoms. The fraction of sp³-hybridized carbons (Fsp3) is 0.609. The van der Waals surface area contributed by atoms with Crippen molar-refractivity contribution in [2.45, 2.75) is 51.6 Å². The Morgan fingerprint density at radius 1 is 1.14 bits per heavy atom. The Balaban J connectivity index is 1.40. The SMILES string of the molecule is COCCn1nc(CNC(=O)C23CC4CC(CC(C4)C2)C3)c2ccccc2c1=O. The molecular weight excluding hydrogens is 366 g/mol. The molecule has 1 heterocycles. The van der Waals surface area contributed by atoms with Crippen molar-refractivity contribution in [2.24, 2.45) is 23.2 Å². The lowest BCUT2D eigenvalue weighted by Gasteiger charge is -2.55. The largest absolute Gasteiger partial charge is 0.383 e. The van der Waals surface area contributed by atoms with Crippen molar-refractivity contribution < 1.29 is 9.53 Å². The van der Waals surface area contributed by atoms with Gasteiger partial charge in [-0.15, -0.1) is 0 Å². The van der Waals surface area contributed by atoms with Gasteiger partial charge in [0.05, 0.1) is 30.8 Å². The van der Waals surface area contributed by atoms with Gasteiger partial charge in [-0.05, 0) is 62.3 Å². The van der Waals surface area contributed by atoms with Crippen molar-refractivity contribution in [3.05, 3.63) is 40.3 Å². The summed E-state index contributed by atoms with van der Waals surface area (Å²) >= 11 is 0. The van der Waals surface area contributed by atoms with Gasteiger partial charge in [0, 0.05) is 17.9 Å². The molecule has 4 aliphatic rings. The molecule has 4 aliphatic carbocycles. The summed E-state index contributed by atoms with van der Waals surface area (Å²) in [7, 11) is 1.61. The van der Waals surface area contributed by atoms with Crippen LogP contribution in [0.4, 0.5) is 0 Å². The van der Waals surface area contributed by atoms with E-state index in [9.17, 15) is 9.59 Å². The van der Waals surface area contributed by atoms with Crippen molar-refractivity contribution in [2.75, 3.05) is 13.7 Å². The maximum absolute atomic E-state index is 13.3. The smallest absolute Gasteiger partial charge is 0.274 e. The normalized spacial score (nSPS) is 30.0. The molecule has 6 rings (SSSR count). The summed E-state index contributed by atoms with van der Waals surface area (Å²) in [5, 5.41) is 9.22. The maximum Gasteiger partial charge on any atom is 0.274 e. The number of hydrogen-bond acceptors (Lipinski definition) is 4. The summed E-state index contributed by atoms with van der Waals surface area (Å²) in [4.78, 5) is 26.0. The van der Waals surface area contributed by atoms with Crippen molar-refractivity contribution in [3.63, 3.8) is 0 Å². The van der Waals surface area contributed by atoms with Crippen LogP contribution in [0.15, 0.2) is 29.1 Å². The lowest BCUT2D eigenvalue weighted by Crippen LogP contribution is -2.53. The number of rotatable bonds is 6. The fourth-order valence-corrected chi connectivity index (χ4v) is 6.51. The molecule has 1 aromatic heterocycles. The predicted octanol–water partition coefficient (Wildman–Crippen LogP) is 2.88. The molecule has 2 aromatic rings. The Labute approximate surface area is 170 Å². The van der Waals surface area contributed by atoms with E-state index >= 15 is 0 Å². The average molecular weight is 396 g/mol. The second-order valence-corrected chi connectivity index (χ2v) is 9.39. The van der Waals surface area contributed by atoms with Crippen LogP contribution >= 0.6 is 0 Å². The van der Waals surface area contributed by atoms with E-state index in [1.165, 1.54) is 23.9 Å². The number of aromatic nitrogens is 2. The first kappa shape index (κ1) is 18.8. The number of methoxy groups -OCH3 is 1. The van der Waals surface area contributed by atoms with E-state index in [0.717, 1.165) is 48.1 Å². The molecule has 1 N–H and O–H groups in total. The Kier molecular flexibility index (Phi) is 4.69. The second-order valence-electron chi connectivity index (χ2n) is 9.39. The highest BCUT2D eigenvalue weighted by molar-refractivity contribution is 5.85. The maximum atomic E-state index is 13.3. The Hall–Kier alpha value is -2.21. The number of fused-ring (bicyclic) bond motifs is 1. The summed E-state index contributed by atoms with van der Waals surface area (Å²) < 4.78 is 6.58. The minimum atomic E-state index is -0.172. The Morgan fingerprint density at radius 3 is 2.38 bits per heavy atom. The van der Waals surface area contributed by atoms with Gasteiger partial charge >= 0.3 is 0 Å². The molecule has 1 aromatic carbocycles. The highest BCUT2D eigenvalue weighted by Crippen LogP contribution is 2.60. The zero-order valence-electron chi connectivity index (χ0n) is 17.0. The lowest BCUT2D eigenvalue weighted by atomic mass is 9.49. The van der Waals surface area contributed by atoms with E-state index in [2.05, 4.69) is 10.4 Å². The van der Waals surface area contributed by atoms with Gasteiger partial charge in [0.1, 0.15) is 0 Å². The number of nitrogens with one attached hydrogen (secondary N) is 1. The van der Waals surface area contributed by atoms with Crippen LogP contribution < -0.4 is 10.9 Å². The van der Waals surface area contributed by atoms with Gasteiger partial charge < -0.3 is 10.1 Å². The van der Waals surface area contributed by atoms with Gasteiger partial charge in [-0.3, -0.25) is 9.59 Å². The third kappa shape index (κ3) is 3.27. The van der Waals surface area contributed by atoms with Crippen LogP contribution in [0.25, 0.3) is 10.8 Å². The van der Waals surface area contributed by atoms with Crippen LogP contribution in [0.1, 0.15) is 44.2 Å². The monoisotopic (exact) mass is 395 g/mol. The molecule has 0 radical (unpaired) electrons. The summed E-state index contributed by atoms with van der Waals surface area (Å²) in [6.07, 6.45) is 7.11. The molecule has 4 bridgehead atoms. The van der Waals surface area contributed by atoms with Crippen LogP contribution in [0.5, 0.6) is 0 Å². The first-order valence-corrected chi connectivity index (χ1v) is 10.8. The Bertz CT molecular complexity index is 961. The molecule has 1 amide bonds. The molecule has 0 saturated heterocycles. The van der Waals surface area contributed by atoms with Gasteiger partial charge in [-0.2, -0.15) is 5.10 Å². The fourth-order valence-electron chi connectivity index (χ4n) is 6.51. The predicted molar refractivity (Wildman–Crippen MR) is 110 cm³/mol. The molecule has 6 heteroatoms. The Morgan fingerprint density at radius 2 is 1.76 bits per heavy atom. The number of hydrogen-bond donors (Lipinski definition) is 1. The molecule has 0 atom stereocenters. The van der Waals surface area contributed by atoms with E-state index in [-0.39, 0.29) is 16.9 Å². The van der Waals surface area contributed by atoms with Crippen LogP contribution in [0, 0.1) is 23.2 Å². The van der Waals surface area contributed by atoms with Gasteiger partial charge in [0.2, 0.25) is 5.91 Å². The molecule has 4 saturated carbocycles. The lowest BCUT2D eigenvalue weighted by molar-refractivity contribution is -0.146. The number of amides is 1. The number of carbonyl (C=O) groups excluding carboxylic acids is 1. The summed E-state index contributed by atoms with van der Waals surface area (Å²) in [6, 6.07) is 7.51. The zero-order valence-corrected chi connectivity index (χ0v) is 17.0. The van der Waals surface area contributed by atoms with Crippen molar-refractivity contribution in [1.82, 2.24) is 15.1 Å². The second kappa shape index (κ2) is 7.24. The highest BCUT2D eigenvalue weighted by Gasteiger charge is 2.54. The van der Waals surface area contributed by atoms with E-state index in [1.54, 1.807) is 7.11 Å². The standard InChI is InChI=1S/C23H29N3O3/c1-29-7-6-26-21(27)19-5-3-2-4-18(19)20(25-26)14-24-22(28)23-11-15-8-16(12-23)10-17(9-15)13-23/h2-5,15-17H,6-14H2,1H3,(H,24,28). The zero-order chi connectivity index (χ0) is 20.0. The van der Waals surface area contributed by atoms with Crippen molar-refractivity contribution >= 4 is 16.7 Å². The number of nitrogens with zero attached hydrogens (tertiary/aromatic N) is 2. The third-order valence-electron chi connectivity index (χ3n) is 7.39. The minimum Gasteiger partial charge on any atom is -0.383 e. The topological polar surface area (TPSA) is 73.2 Å². The molecule has 154 valence electrons. The molecule has 4 fully saturated rings. The number of benzene rings is 1. The quantitative estimate of drug-likeness (QED) is 0.816. The summed E-state index contributed by atoms with van der Waals surface area (Å²) in [5.41, 5.74) is 0.456. The summed E-state index contributed by atoms with van der Waals surface area (Å²) in [5.74, 6) is 2.41. The van der Waals surface area contributed by atoms with Crippen LogP contribution in [-0.2, 0) is 22.6 Å². The average Bonchev–Trinajstić information content (AvgIpc) is 2.71. The molecule has 0 aliphatic heterocycles. The van der Waals surface area contributed by atoms with E-state index in [4.69, 9.17) is 4.74 Å². The molecular formula is C23H29N3O3. The molecule has 0 spiro atoms. The first-order valence-electron chi connectivity index (χ1n) is 10.8. The van der Waals surface area contributed by atoms with Gasteiger partial charge in [0.25, 0.3) is 5.56 Å². The van der Waals surface area contributed by atoms with E-state index in [0.29, 0.717) is 25.1 Å². The third-order valence-corrected chi connectivity index (χ3v) is 7.39. The highest BCUT2D eigenvalue weighted by atomic mass is 16.5. The molecule has 0 unspecified atom stereocenters. The van der Waals surface area contributed by atoms with Crippen LogP contribution in [-0.4, -0.2) is 29.4 Å².